The molecule has 0 saturated heterocycles. The smallest absolute Gasteiger partial charge is 0.336 e. The van der Waals surface area contributed by atoms with Crippen LogP contribution >= 0.6 is 22.9 Å². The van der Waals surface area contributed by atoms with Gasteiger partial charge in [0.25, 0.3) is 5.91 Å². The van der Waals surface area contributed by atoms with Crippen molar-refractivity contribution in [1.82, 2.24) is 5.32 Å². The van der Waals surface area contributed by atoms with E-state index in [0.29, 0.717) is 16.0 Å². The monoisotopic (exact) mass is 457 g/mol. The summed E-state index contributed by atoms with van der Waals surface area (Å²) in [7, 11) is 0. The van der Waals surface area contributed by atoms with Crippen LogP contribution in [0.25, 0.3) is 11.0 Å². The van der Waals surface area contributed by atoms with Crippen molar-refractivity contribution in [2.45, 2.75) is 13.0 Å². The molecule has 0 saturated carbocycles. The Hall–Kier alpha value is -3.16. The summed E-state index contributed by atoms with van der Waals surface area (Å²) >= 11 is 7.77. The van der Waals surface area contributed by atoms with Crippen molar-refractivity contribution >= 4 is 39.8 Å². The van der Waals surface area contributed by atoms with E-state index in [2.05, 4.69) is 5.32 Å². The summed E-state index contributed by atoms with van der Waals surface area (Å²) in [6.07, 6.45) is 0. The number of hydrogen-bond acceptors (Lipinski definition) is 5. The number of ether oxygens (including phenoxy) is 1. The molecule has 1 atom stereocenters. The summed E-state index contributed by atoms with van der Waals surface area (Å²) in [5, 5.41) is 5.80. The third-order valence-corrected chi connectivity index (χ3v) is 5.93. The molecular formula is C23H17ClFNO4S. The van der Waals surface area contributed by atoms with Gasteiger partial charge in [-0.3, -0.25) is 4.79 Å². The molecule has 0 spiro atoms. The van der Waals surface area contributed by atoms with Gasteiger partial charge in [-0.2, -0.15) is 0 Å². The van der Waals surface area contributed by atoms with Gasteiger partial charge in [-0.1, -0.05) is 29.8 Å². The summed E-state index contributed by atoms with van der Waals surface area (Å²) in [4.78, 5) is 25.2. The van der Waals surface area contributed by atoms with E-state index in [1.165, 1.54) is 35.6 Å². The van der Waals surface area contributed by atoms with Gasteiger partial charge in [0.05, 0.1) is 11.1 Å². The van der Waals surface area contributed by atoms with Crippen molar-refractivity contribution in [3.8, 4) is 5.75 Å². The molecule has 0 aliphatic carbocycles. The van der Waals surface area contributed by atoms with E-state index in [1.807, 2.05) is 17.5 Å². The molecule has 8 heteroatoms. The fourth-order valence-electron chi connectivity index (χ4n) is 3.21. The van der Waals surface area contributed by atoms with Crippen molar-refractivity contribution in [3.63, 3.8) is 0 Å². The molecule has 0 radical (unpaired) electrons. The summed E-state index contributed by atoms with van der Waals surface area (Å²) in [5.41, 5.74) is 1.33. The first kappa shape index (κ1) is 21.1. The highest BCUT2D eigenvalue weighted by atomic mass is 35.5. The van der Waals surface area contributed by atoms with Crippen molar-refractivity contribution in [1.29, 1.82) is 0 Å². The molecule has 31 heavy (non-hydrogen) atoms. The summed E-state index contributed by atoms with van der Waals surface area (Å²) in [6, 6.07) is 13.8. The normalized spacial score (nSPS) is 12.0. The number of halogens is 2. The molecule has 4 aromatic rings. The fourth-order valence-corrected chi connectivity index (χ4v) is 4.23. The number of carbonyl (C=O) groups excluding carboxylic acids is 1. The minimum atomic E-state index is -0.478. The van der Waals surface area contributed by atoms with Gasteiger partial charge in [0, 0.05) is 22.4 Å². The van der Waals surface area contributed by atoms with E-state index in [-0.39, 0.29) is 24.1 Å². The Labute approximate surface area is 186 Å². The Morgan fingerprint density at radius 1 is 1.23 bits per heavy atom. The first-order valence-corrected chi connectivity index (χ1v) is 10.6. The fraction of sp³-hybridized carbons (Fsp3) is 0.130. The number of aryl methyl sites for hydroxylation is 1. The van der Waals surface area contributed by atoms with Gasteiger partial charge in [0.15, 0.2) is 6.61 Å². The molecule has 0 aliphatic heterocycles. The molecule has 2 aromatic carbocycles. The molecule has 1 amide bonds. The SMILES string of the molecule is Cc1cc(=O)oc2cc(OCC(=O)N[C@H](c3ccc(F)cc3)c3cccs3)c(Cl)cc12. The predicted molar refractivity (Wildman–Crippen MR) is 118 cm³/mol. The van der Waals surface area contributed by atoms with Crippen LogP contribution in [0.4, 0.5) is 4.39 Å². The number of fused-ring (bicyclic) bond motifs is 1. The quantitative estimate of drug-likeness (QED) is 0.402. The van der Waals surface area contributed by atoms with E-state index in [9.17, 15) is 14.0 Å². The van der Waals surface area contributed by atoms with Crippen LogP contribution in [-0.4, -0.2) is 12.5 Å². The van der Waals surface area contributed by atoms with Gasteiger partial charge in [-0.05, 0) is 47.7 Å². The van der Waals surface area contributed by atoms with Gasteiger partial charge >= 0.3 is 5.63 Å². The highest BCUT2D eigenvalue weighted by Crippen LogP contribution is 2.31. The Kier molecular flexibility index (Phi) is 6.06. The van der Waals surface area contributed by atoms with E-state index in [1.54, 1.807) is 25.1 Å². The second-order valence-corrected chi connectivity index (χ2v) is 8.27. The first-order valence-electron chi connectivity index (χ1n) is 9.36. The second kappa shape index (κ2) is 8.91. The lowest BCUT2D eigenvalue weighted by Gasteiger charge is -2.18. The molecule has 2 aromatic heterocycles. The molecule has 158 valence electrons. The molecule has 0 fully saturated rings. The van der Waals surface area contributed by atoms with Crippen molar-refractivity contribution in [2.24, 2.45) is 0 Å². The van der Waals surface area contributed by atoms with Crippen LogP contribution in [0, 0.1) is 12.7 Å². The summed E-state index contributed by atoms with van der Waals surface area (Å²) < 4.78 is 24.1. The molecule has 0 bridgehead atoms. The Morgan fingerprint density at radius 2 is 2.00 bits per heavy atom. The lowest BCUT2D eigenvalue weighted by Crippen LogP contribution is -2.33. The number of thiophene rings is 1. The maximum absolute atomic E-state index is 13.3. The van der Waals surface area contributed by atoms with Gasteiger partial charge in [0.2, 0.25) is 0 Å². The maximum Gasteiger partial charge on any atom is 0.336 e. The van der Waals surface area contributed by atoms with Crippen LogP contribution in [-0.2, 0) is 4.79 Å². The first-order chi connectivity index (χ1) is 14.9. The standard InChI is InChI=1S/C23H17ClFNO4S/c1-13-9-22(28)30-18-11-19(17(24)10-16(13)18)29-12-21(27)26-23(20-3-2-8-31-20)14-4-6-15(25)7-5-14/h2-11,23H,12H2,1H3,(H,26,27)/t23-/m1/s1. The zero-order valence-corrected chi connectivity index (χ0v) is 17.9. The van der Waals surface area contributed by atoms with Crippen LogP contribution in [0.15, 0.2) is 69.2 Å². The molecule has 0 unspecified atom stereocenters. The number of rotatable bonds is 6. The third kappa shape index (κ3) is 4.78. The topological polar surface area (TPSA) is 68.5 Å². The van der Waals surface area contributed by atoms with Gasteiger partial charge < -0.3 is 14.5 Å². The number of benzene rings is 2. The highest BCUT2D eigenvalue weighted by Gasteiger charge is 2.19. The largest absolute Gasteiger partial charge is 0.482 e. The van der Waals surface area contributed by atoms with Gasteiger partial charge in [-0.15, -0.1) is 11.3 Å². The molecule has 4 rings (SSSR count). The van der Waals surface area contributed by atoms with E-state index < -0.39 is 11.7 Å². The number of nitrogens with one attached hydrogen (secondary N) is 1. The molecule has 2 heterocycles. The summed E-state index contributed by atoms with van der Waals surface area (Å²) in [6.45, 7) is 1.48. The maximum atomic E-state index is 13.3. The average molecular weight is 458 g/mol. The minimum absolute atomic E-state index is 0.229. The lowest BCUT2D eigenvalue weighted by atomic mass is 10.1. The minimum Gasteiger partial charge on any atom is -0.482 e. The zero-order valence-electron chi connectivity index (χ0n) is 16.4. The van der Waals surface area contributed by atoms with Crippen molar-refractivity contribution in [2.75, 3.05) is 6.61 Å². The Morgan fingerprint density at radius 3 is 2.71 bits per heavy atom. The van der Waals surface area contributed by atoms with Crippen LogP contribution in [0.1, 0.15) is 22.0 Å². The third-order valence-electron chi connectivity index (χ3n) is 4.70. The molecule has 0 aliphatic rings. The summed E-state index contributed by atoms with van der Waals surface area (Å²) in [5.74, 6) is -0.506. The highest BCUT2D eigenvalue weighted by molar-refractivity contribution is 7.10. The number of carbonyl (C=O) groups is 1. The molecule has 5 nitrogen and oxygen atoms in total. The van der Waals surface area contributed by atoms with Gasteiger partial charge in [-0.25, -0.2) is 9.18 Å². The van der Waals surface area contributed by atoms with Gasteiger partial charge in [0.1, 0.15) is 17.1 Å². The zero-order chi connectivity index (χ0) is 22.0. The van der Waals surface area contributed by atoms with Crippen LogP contribution in [0.5, 0.6) is 5.75 Å². The number of hydrogen-bond donors (Lipinski definition) is 1. The van der Waals surface area contributed by atoms with E-state index in [4.69, 9.17) is 20.8 Å². The van der Waals surface area contributed by atoms with Crippen LogP contribution in [0.2, 0.25) is 5.02 Å². The second-order valence-electron chi connectivity index (χ2n) is 6.88. The Bertz CT molecular complexity index is 1290. The van der Waals surface area contributed by atoms with Crippen LogP contribution < -0.4 is 15.7 Å². The molecular weight excluding hydrogens is 441 g/mol. The van der Waals surface area contributed by atoms with Crippen molar-refractivity contribution < 1.29 is 18.3 Å². The van der Waals surface area contributed by atoms with E-state index >= 15 is 0 Å². The average Bonchev–Trinajstić information content (AvgIpc) is 3.26. The van der Waals surface area contributed by atoms with Crippen LogP contribution in [0.3, 0.4) is 0 Å². The lowest BCUT2D eigenvalue weighted by molar-refractivity contribution is -0.123. The van der Waals surface area contributed by atoms with Crippen molar-refractivity contribution in [3.05, 3.63) is 97.2 Å². The Balaban J connectivity index is 1.52. The number of amides is 1. The predicted octanol–water partition coefficient (Wildman–Crippen LogP) is 5.24. The van der Waals surface area contributed by atoms with E-state index in [0.717, 1.165) is 16.0 Å². The molecule has 1 N–H and O–H groups in total.